The Bertz CT molecular complexity index is 665. The van der Waals surface area contributed by atoms with Crippen molar-refractivity contribution in [2.24, 2.45) is 0 Å². The van der Waals surface area contributed by atoms with Crippen molar-refractivity contribution >= 4 is 11.4 Å². The van der Waals surface area contributed by atoms with Crippen molar-refractivity contribution < 1.29 is 0 Å². The second kappa shape index (κ2) is 4.78. The molecule has 1 N–H and O–H groups in total. The highest BCUT2D eigenvalue weighted by atomic mass is 14.9. The van der Waals surface area contributed by atoms with Crippen LogP contribution in [0.4, 0.5) is 11.4 Å². The van der Waals surface area contributed by atoms with Crippen molar-refractivity contribution in [1.82, 2.24) is 0 Å². The summed E-state index contributed by atoms with van der Waals surface area (Å²) in [7, 11) is 0. The van der Waals surface area contributed by atoms with E-state index < -0.39 is 0 Å². The number of hydrogen-bond donors (Lipinski definition) is 1. The van der Waals surface area contributed by atoms with Gasteiger partial charge in [-0.05, 0) is 67.1 Å². The van der Waals surface area contributed by atoms with E-state index in [2.05, 4.69) is 29.6 Å². The zero-order valence-electron chi connectivity index (χ0n) is 11.0. The second-order valence-electron chi connectivity index (χ2n) is 5.12. The topological polar surface area (TPSA) is 35.8 Å². The Labute approximate surface area is 113 Å². The number of nitrogens with zero attached hydrogens (tertiary/aromatic N) is 1. The van der Waals surface area contributed by atoms with Gasteiger partial charge in [-0.3, -0.25) is 0 Å². The summed E-state index contributed by atoms with van der Waals surface area (Å²) in [5, 5.41) is 12.5. The largest absolute Gasteiger partial charge is 0.354 e. The van der Waals surface area contributed by atoms with E-state index in [1.165, 1.54) is 30.4 Å². The lowest BCUT2D eigenvalue weighted by molar-refractivity contribution is 0.912. The highest BCUT2D eigenvalue weighted by Gasteiger charge is 2.11. The second-order valence-corrected chi connectivity index (χ2v) is 5.12. The third-order valence-corrected chi connectivity index (χ3v) is 3.67. The Morgan fingerprint density at radius 3 is 2.74 bits per heavy atom. The molecule has 0 aromatic heterocycles. The molecule has 0 amide bonds. The van der Waals surface area contributed by atoms with Gasteiger partial charge in [-0.2, -0.15) is 5.26 Å². The van der Waals surface area contributed by atoms with Crippen molar-refractivity contribution in [3.05, 3.63) is 58.7 Å². The minimum atomic E-state index is 0.695. The fraction of sp³-hybridized carbons (Fsp3) is 0.235. The van der Waals surface area contributed by atoms with E-state index in [1.54, 1.807) is 0 Å². The maximum atomic E-state index is 9.19. The Hall–Kier alpha value is -2.27. The lowest BCUT2D eigenvalue weighted by Crippen LogP contribution is -1.95. The predicted octanol–water partition coefficient (Wildman–Crippen LogP) is 4.10. The minimum absolute atomic E-state index is 0.695. The lowest BCUT2D eigenvalue weighted by atomic mass is 10.1. The molecule has 2 nitrogen and oxygen atoms in total. The lowest BCUT2D eigenvalue weighted by Gasteiger charge is -2.10. The van der Waals surface area contributed by atoms with Gasteiger partial charge >= 0.3 is 0 Å². The predicted molar refractivity (Wildman–Crippen MR) is 77.6 cm³/mol. The molecular weight excluding hydrogens is 232 g/mol. The zero-order chi connectivity index (χ0) is 13.2. The Kier molecular flexibility index (Phi) is 2.97. The van der Waals surface area contributed by atoms with E-state index >= 15 is 0 Å². The van der Waals surface area contributed by atoms with E-state index in [-0.39, 0.29) is 0 Å². The van der Waals surface area contributed by atoms with Crippen LogP contribution in [0.2, 0.25) is 0 Å². The highest BCUT2D eigenvalue weighted by molar-refractivity contribution is 5.68. The summed E-state index contributed by atoms with van der Waals surface area (Å²) in [6.07, 6.45) is 3.63. The van der Waals surface area contributed by atoms with Gasteiger partial charge in [0.15, 0.2) is 0 Å². The first kappa shape index (κ1) is 11.8. The molecule has 0 heterocycles. The van der Waals surface area contributed by atoms with Gasteiger partial charge in [0, 0.05) is 5.69 Å². The van der Waals surface area contributed by atoms with E-state index in [0.29, 0.717) is 5.56 Å². The number of benzene rings is 2. The quantitative estimate of drug-likeness (QED) is 0.868. The summed E-state index contributed by atoms with van der Waals surface area (Å²) in [4.78, 5) is 0. The molecule has 0 fully saturated rings. The fourth-order valence-electron chi connectivity index (χ4n) is 2.66. The van der Waals surface area contributed by atoms with Crippen LogP contribution >= 0.6 is 0 Å². The number of nitrogens with one attached hydrogen (secondary N) is 1. The summed E-state index contributed by atoms with van der Waals surface area (Å²) < 4.78 is 0. The molecule has 0 saturated carbocycles. The summed E-state index contributed by atoms with van der Waals surface area (Å²) >= 11 is 0. The molecule has 0 bridgehead atoms. The van der Waals surface area contributed by atoms with Crippen molar-refractivity contribution in [3.8, 4) is 6.07 Å². The van der Waals surface area contributed by atoms with E-state index in [1.807, 2.05) is 25.1 Å². The first-order valence-electron chi connectivity index (χ1n) is 6.66. The molecule has 0 saturated heterocycles. The molecule has 0 unspecified atom stereocenters. The van der Waals surface area contributed by atoms with Gasteiger partial charge in [0.2, 0.25) is 0 Å². The van der Waals surface area contributed by atoms with Crippen molar-refractivity contribution in [2.45, 2.75) is 26.2 Å². The van der Waals surface area contributed by atoms with Gasteiger partial charge in [0.25, 0.3) is 0 Å². The Balaban J connectivity index is 1.92. The molecule has 3 rings (SSSR count). The molecular formula is C17H16N2. The van der Waals surface area contributed by atoms with Crippen LogP contribution in [0.15, 0.2) is 36.4 Å². The molecule has 0 spiro atoms. The van der Waals surface area contributed by atoms with Gasteiger partial charge in [-0.25, -0.2) is 0 Å². The monoisotopic (exact) mass is 248 g/mol. The van der Waals surface area contributed by atoms with Crippen molar-refractivity contribution in [1.29, 1.82) is 5.26 Å². The summed E-state index contributed by atoms with van der Waals surface area (Å²) in [5.74, 6) is 0. The van der Waals surface area contributed by atoms with Crippen molar-refractivity contribution in [3.63, 3.8) is 0 Å². The van der Waals surface area contributed by atoms with E-state index in [4.69, 9.17) is 0 Å². The molecule has 2 aromatic carbocycles. The summed E-state index contributed by atoms with van der Waals surface area (Å²) in [6, 6.07) is 14.7. The van der Waals surface area contributed by atoms with Gasteiger partial charge in [0.05, 0.1) is 11.3 Å². The van der Waals surface area contributed by atoms with Gasteiger partial charge in [-0.15, -0.1) is 0 Å². The van der Waals surface area contributed by atoms with Gasteiger partial charge in [0.1, 0.15) is 6.07 Å². The van der Waals surface area contributed by atoms with Crippen molar-refractivity contribution in [2.75, 3.05) is 5.32 Å². The molecule has 2 heteroatoms. The molecule has 1 aliphatic rings. The first-order valence-corrected chi connectivity index (χ1v) is 6.66. The number of rotatable bonds is 2. The molecule has 2 aromatic rings. The maximum absolute atomic E-state index is 9.19. The van der Waals surface area contributed by atoms with Crippen LogP contribution in [0, 0.1) is 18.3 Å². The molecule has 0 atom stereocenters. The zero-order valence-corrected chi connectivity index (χ0v) is 11.0. The molecule has 0 radical (unpaired) electrons. The van der Waals surface area contributed by atoms with Crippen LogP contribution in [-0.2, 0) is 12.8 Å². The maximum Gasteiger partial charge on any atom is 0.101 e. The normalized spacial score (nSPS) is 12.8. The van der Waals surface area contributed by atoms with Gasteiger partial charge < -0.3 is 5.32 Å². The Morgan fingerprint density at radius 1 is 1.05 bits per heavy atom. The van der Waals surface area contributed by atoms with E-state index in [9.17, 15) is 5.26 Å². The SMILES string of the molecule is Cc1ccc(Nc2ccc3c(c2)CCC3)c(C#N)c1. The summed E-state index contributed by atoms with van der Waals surface area (Å²) in [6.45, 7) is 2.00. The Morgan fingerprint density at radius 2 is 1.89 bits per heavy atom. The standard InChI is InChI=1S/C17H16N2/c1-12-5-8-17(15(9-12)11-18)19-16-7-6-13-3-2-4-14(13)10-16/h5-10,19H,2-4H2,1H3. The molecule has 94 valence electrons. The molecule has 19 heavy (non-hydrogen) atoms. The smallest absolute Gasteiger partial charge is 0.101 e. The molecule has 1 aliphatic carbocycles. The van der Waals surface area contributed by atoms with E-state index in [0.717, 1.165) is 16.9 Å². The fourth-order valence-corrected chi connectivity index (χ4v) is 2.66. The minimum Gasteiger partial charge on any atom is -0.354 e. The average molecular weight is 248 g/mol. The number of nitriles is 1. The molecule has 0 aliphatic heterocycles. The van der Waals surface area contributed by atoms with Crippen LogP contribution in [0.3, 0.4) is 0 Å². The van der Waals surface area contributed by atoms with Crippen LogP contribution in [0.1, 0.15) is 28.7 Å². The first-order chi connectivity index (χ1) is 9.26. The van der Waals surface area contributed by atoms with Crippen LogP contribution < -0.4 is 5.32 Å². The number of hydrogen-bond acceptors (Lipinski definition) is 2. The van der Waals surface area contributed by atoms with Crippen LogP contribution in [0.5, 0.6) is 0 Å². The highest BCUT2D eigenvalue weighted by Crippen LogP contribution is 2.27. The number of fused-ring (bicyclic) bond motifs is 1. The number of anilines is 2. The average Bonchev–Trinajstić information content (AvgIpc) is 2.88. The third kappa shape index (κ3) is 2.32. The van der Waals surface area contributed by atoms with Crippen LogP contribution in [0.25, 0.3) is 0 Å². The summed E-state index contributed by atoms with van der Waals surface area (Å²) in [5.41, 5.74) is 6.66. The third-order valence-electron chi connectivity index (χ3n) is 3.67. The van der Waals surface area contributed by atoms with Crippen LogP contribution in [-0.4, -0.2) is 0 Å². The van der Waals surface area contributed by atoms with Gasteiger partial charge in [-0.1, -0.05) is 12.1 Å². The number of aryl methyl sites for hydroxylation is 3.